The van der Waals surface area contributed by atoms with Crippen molar-refractivity contribution >= 4 is 17.4 Å². The molecule has 34 heavy (non-hydrogen) atoms. The van der Waals surface area contributed by atoms with Gasteiger partial charge >= 0.3 is 0 Å². The maximum absolute atomic E-state index is 13.8. The molecule has 0 bridgehead atoms. The van der Waals surface area contributed by atoms with Gasteiger partial charge in [0.25, 0.3) is 5.91 Å². The van der Waals surface area contributed by atoms with Crippen molar-refractivity contribution in [1.29, 1.82) is 0 Å². The van der Waals surface area contributed by atoms with Crippen molar-refractivity contribution in [3.8, 4) is 5.75 Å². The number of ether oxygens (including phenoxy) is 1. The lowest BCUT2D eigenvalue weighted by Gasteiger charge is -2.37. The van der Waals surface area contributed by atoms with Crippen LogP contribution in [0.15, 0.2) is 60.8 Å². The van der Waals surface area contributed by atoms with E-state index in [1.165, 1.54) is 11.1 Å². The number of carbonyl (C=O) groups excluding carboxylic acids is 1. The lowest BCUT2D eigenvalue weighted by Crippen LogP contribution is -2.49. The van der Waals surface area contributed by atoms with Crippen molar-refractivity contribution in [2.24, 2.45) is 0 Å². The average Bonchev–Trinajstić information content (AvgIpc) is 2.88. The summed E-state index contributed by atoms with van der Waals surface area (Å²) >= 11 is 0. The van der Waals surface area contributed by atoms with E-state index in [1.54, 1.807) is 25.3 Å². The largest absolute Gasteiger partial charge is 0.495 e. The number of para-hydroxylation sites is 2. The first kappa shape index (κ1) is 23.6. The van der Waals surface area contributed by atoms with Gasteiger partial charge in [0.05, 0.1) is 12.8 Å². The maximum atomic E-state index is 13.8. The summed E-state index contributed by atoms with van der Waals surface area (Å²) < 4.78 is 46.3. The Hall–Kier alpha value is -3.59. The second-order valence-electron chi connectivity index (χ2n) is 7.90. The molecule has 0 radical (unpaired) electrons. The normalized spacial score (nSPS) is 14.2. The van der Waals surface area contributed by atoms with Gasteiger partial charge in [-0.2, -0.15) is 0 Å². The van der Waals surface area contributed by atoms with E-state index in [0.717, 1.165) is 37.6 Å². The van der Waals surface area contributed by atoms with Crippen LogP contribution in [-0.2, 0) is 0 Å². The number of hydrogen-bond donors (Lipinski definition) is 0. The first-order valence-corrected chi connectivity index (χ1v) is 11.0. The number of amides is 1. The van der Waals surface area contributed by atoms with Crippen molar-refractivity contribution in [3.63, 3.8) is 0 Å². The molecule has 9 heteroatoms. The number of hydrogen-bond acceptors (Lipinski definition) is 5. The lowest BCUT2D eigenvalue weighted by atomic mass is 10.1. The monoisotopic (exact) mass is 470 g/mol. The summed E-state index contributed by atoms with van der Waals surface area (Å²) in [5.41, 5.74) is 0.762. The standard InChI is InChI=1S/C25H25F3N4O2/c1-34-22-7-3-2-6-21(22)31-13-10-30(11-14-31)12-15-32(23-8-4-5-9-29-23)25(33)18-16-19(26)24(28)20(27)17-18/h2-9,16-17H,10-15H2,1H3. The summed E-state index contributed by atoms with van der Waals surface area (Å²) in [4.78, 5) is 23.2. The van der Waals surface area contributed by atoms with Gasteiger partial charge in [-0.25, -0.2) is 18.2 Å². The Bertz CT molecular complexity index is 1120. The van der Waals surface area contributed by atoms with Crippen LogP contribution in [0.4, 0.5) is 24.7 Å². The van der Waals surface area contributed by atoms with Crippen LogP contribution in [0, 0.1) is 17.5 Å². The molecule has 6 nitrogen and oxygen atoms in total. The number of nitrogens with zero attached hydrogens (tertiary/aromatic N) is 4. The minimum absolute atomic E-state index is 0.255. The van der Waals surface area contributed by atoms with Gasteiger partial charge in [-0.05, 0) is 36.4 Å². The van der Waals surface area contributed by atoms with Crippen LogP contribution < -0.4 is 14.5 Å². The van der Waals surface area contributed by atoms with E-state index >= 15 is 0 Å². The first-order valence-electron chi connectivity index (χ1n) is 11.0. The number of carbonyl (C=O) groups is 1. The fourth-order valence-electron chi connectivity index (χ4n) is 4.01. The van der Waals surface area contributed by atoms with E-state index in [-0.39, 0.29) is 12.1 Å². The molecule has 1 aliphatic rings. The Kier molecular flexibility index (Phi) is 7.32. The zero-order valence-electron chi connectivity index (χ0n) is 18.8. The highest BCUT2D eigenvalue weighted by Gasteiger charge is 2.24. The fourth-order valence-corrected chi connectivity index (χ4v) is 4.01. The Morgan fingerprint density at radius 3 is 2.32 bits per heavy atom. The first-order chi connectivity index (χ1) is 16.5. The van der Waals surface area contributed by atoms with Gasteiger partial charge in [0.15, 0.2) is 17.5 Å². The SMILES string of the molecule is COc1ccccc1N1CCN(CCN(C(=O)c2cc(F)c(F)c(F)c2)c2ccccn2)CC1. The highest BCUT2D eigenvalue weighted by Crippen LogP contribution is 2.28. The predicted octanol–water partition coefficient (Wildman–Crippen LogP) is 3.98. The number of aromatic nitrogens is 1. The summed E-state index contributed by atoms with van der Waals surface area (Å²) in [7, 11) is 1.65. The zero-order valence-corrected chi connectivity index (χ0v) is 18.8. The average molecular weight is 470 g/mol. The number of methoxy groups -OCH3 is 1. The molecule has 1 aliphatic heterocycles. The number of piperazine rings is 1. The second-order valence-corrected chi connectivity index (χ2v) is 7.90. The van der Waals surface area contributed by atoms with Gasteiger partial charge in [-0.15, -0.1) is 0 Å². The third-order valence-electron chi connectivity index (χ3n) is 5.84. The number of anilines is 2. The van der Waals surface area contributed by atoms with Crippen molar-refractivity contribution in [1.82, 2.24) is 9.88 Å². The van der Waals surface area contributed by atoms with Crippen molar-refractivity contribution < 1.29 is 22.7 Å². The minimum Gasteiger partial charge on any atom is -0.495 e. The molecule has 2 heterocycles. The minimum atomic E-state index is -1.60. The second kappa shape index (κ2) is 10.6. The van der Waals surface area contributed by atoms with Crippen LogP contribution in [0.3, 0.4) is 0 Å². The molecule has 3 aromatic rings. The van der Waals surface area contributed by atoms with E-state index in [9.17, 15) is 18.0 Å². The molecule has 178 valence electrons. The van der Waals surface area contributed by atoms with E-state index in [2.05, 4.69) is 14.8 Å². The fraction of sp³-hybridized carbons (Fsp3) is 0.280. The van der Waals surface area contributed by atoms with Crippen LogP contribution in [0.1, 0.15) is 10.4 Å². The molecule has 0 spiro atoms. The third-order valence-corrected chi connectivity index (χ3v) is 5.84. The number of pyridine rings is 1. The Morgan fingerprint density at radius 1 is 1.00 bits per heavy atom. The van der Waals surface area contributed by atoms with Gasteiger partial charge in [-0.3, -0.25) is 14.6 Å². The van der Waals surface area contributed by atoms with Crippen LogP contribution >= 0.6 is 0 Å². The number of halogens is 3. The van der Waals surface area contributed by atoms with E-state index < -0.39 is 23.4 Å². The molecule has 1 saturated heterocycles. The van der Waals surface area contributed by atoms with Gasteiger partial charge < -0.3 is 9.64 Å². The number of benzene rings is 2. The van der Waals surface area contributed by atoms with E-state index in [4.69, 9.17) is 4.74 Å². The van der Waals surface area contributed by atoms with E-state index in [0.29, 0.717) is 24.5 Å². The molecule has 1 amide bonds. The van der Waals surface area contributed by atoms with Crippen molar-refractivity contribution in [2.75, 3.05) is 56.2 Å². The van der Waals surface area contributed by atoms with Gasteiger partial charge in [0, 0.05) is 51.0 Å². The summed E-state index contributed by atoms with van der Waals surface area (Å²) in [5.74, 6) is -3.89. The quantitative estimate of drug-likeness (QED) is 0.489. The van der Waals surface area contributed by atoms with Crippen LogP contribution in [0.5, 0.6) is 5.75 Å². The maximum Gasteiger partial charge on any atom is 0.259 e. The van der Waals surface area contributed by atoms with Crippen LogP contribution in [0.2, 0.25) is 0 Å². The summed E-state index contributed by atoms with van der Waals surface area (Å²) in [6.07, 6.45) is 1.54. The Balaban J connectivity index is 1.45. The molecule has 0 atom stereocenters. The Morgan fingerprint density at radius 2 is 1.68 bits per heavy atom. The summed E-state index contributed by atoms with van der Waals surface area (Å²) in [6, 6.07) is 14.4. The molecule has 4 rings (SSSR count). The smallest absolute Gasteiger partial charge is 0.259 e. The molecule has 0 N–H and O–H groups in total. The van der Waals surface area contributed by atoms with Gasteiger partial charge in [-0.1, -0.05) is 18.2 Å². The van der Waals surface area contributed by atoms with Crippen molar-refractivity contribution in [2.45, 2.75) is 0 Å². The highest BCUT2D eigenvalue weighted by molar-refractivity contribution is 6.05. The van der Waals surface area contributed by atoms with Crippen LogP contribution in [-0.4, -0.2) is 62.2 Å². The highest BCUT2D eigenvalue weighted by atomic mass is 19.2. The Labute approximate surface area is 196 Å². The molecule has 0 saturated carbocycles. The lowest BCUT2D eigenvalue weighted by molar-refractivity contribution is 0.0981. The molecular formula is C25H25F3N4O2. The topological polar surface area (TPSA) is 48.9 Å². The van der Waals surface area contributed by atoms with Crippen molar-refractivity contribution in [3.05, 3.63) is 83.8 Å². The van der Waals surface area contributed by atoms with Gasteiger partial charge in [0.2, 0.25) is 0 Å². The molecule has 0 aliphatic carbocycles. The molecule has 2 aromatic carbocycles. The molecule has 1 fully saturated rings. The molecule has 0 unspecified atom stereocenters. The molecule has 1 aromatic heterocycles. The number of rotatable bonds is 7. The predicted molar refractivity (Wildman–Crippen MR) is 124 cm³/mol. The molecular weight excluding hydrogens is 445 g/mol. The zero-order chi connectivity index (χ0) is 24.1. The summed E-state index contributed by atoms with van der Waals surface area (Å²) in [6.45, 7) is 3.89. The van der Waals surface area contributed by atoms with Gasteiger partial charge in [0.1, 0.15) is 11.6 Å². The summed E-state index contributed by atoms with van der Waals surface area (Å²) in [5, 5.41) is 0. The van der Waals surface area contributed by atoms with E-state index in [1.807, 2.05) is 24.3 Å². The third kappa shape index (κ3) is 5.14. The van der Waals surface area contributed by atoms with Crippen LogP contribution in [0.25, 0.3) is 0 Å².